The van der Waals surface area contributed by atoms with Crippen molar-refractivity contribution in [1.82, 2.24) is 10.6 Å². The zero-order valence-corrected chi connectivity index (χ0v) is 15.0. The Morgan fingerprint density at radius 3 is 2.29 bits per heavy atom. The first kappa shape index (κ1) is 23.2. The number of aliphatic hydroxyl groups is 2. The molecule has 0 aromatic heterocycles. The minimum Gasteiger partial charge on any atom is -0.534 e. The van der Waals surface area contributed by atoms with Crippen LogP contribution in [0.25, 0.3) is 5.48 Å². The third-order valence-corrected chi connectivity index (χ3v) is 2.03. The average molecular weight is 331 g/mol. The molecule has 0 aromatic carbocycles. The largest absolute Gasteiger partial charge is 1.00 e. The predicted octanol–water partition coefficient (Wildman–Crippen LogP) is -5.65. The van der Waals surface area contributed by atoms with E-state index in [1.165, 1.54) is 0 Å². The van der Waals surface area contributed by atoms with Crippen LogP contribution in [0.5, 0.6) is 0 Å². The van der Waals surface area contributed by atoms with Gasteiger partial charge in [-0.15, -0.1) is 6.54 Å². The normalized spacial score (nSPS) is 12.7. The molecule has 5 N–H and O–H groups in total. The molecule has 0 aliphatic carbocycles. The first-order chi connectivity index (χ1) is 9.46. The number of carboxylic acids is 1. The molecule has 21 heavy (non-hydrogen) atoms. The van der Waals surface area contributed by atoms with Crippen LogP contribution in [0.2, 0.25) is 0 Å². The van der Waals surface area contributed by atoms with Crippen molar-refractivity contribution in [3.05, 3.63) is 5.48 Å². The number of aliphatic carboxylic acids is 1. The molecule has 2 unspecified atom stereocenters. The van der Waals surface area contributed by atoms with E-state index < -0.39 is 49.7 Å². The third kappa shape index (κ3) is 10.3. The van der Waals surface area contributed by atoms with Crippen molar-refractivity contribution in [3.8, 4) is 0 Å². The Morgan fingerprint density at radius 1 is 1.24 bits per heavy atom. The van der Waals surface area contributed by atoms with E-state index >= 15 is 0 Å². The van der Waals surface area contributed by atoms with Gasteiger partial charge in [-0.1, -0.05) is 6.92 Å². The van der Waals surface area contributed by atoms with Gasteiger partial charge in [-0.25, -0.2) is 4.79 Å². The van der Waals surface area contributed by atoms with Crippen molar-refractivity contribution in [1.29, 1.82) is 0 Å². The van der Waals surface area contributed by atoms with Gasteiger partial charge in [0.15, 0.2) is 0 Å². The quantitative estimate of drug-likeness (QED) is 0.197. The molecule has 0 rings (SSSR count). The Bertz CT molecular complexity index is 343. The Balaban J connectivity index is 0. The Labute approximate surface area is 164 Å². The minimum atomic E-state index is -1.45. The van der Waals surface area contributed by atoms with Crippen molar-refractivity contribution in [2.24, 2.45) is 0 Å². The predicted molar refractivity (Wildman–Crippen MR) is 65.5 cm³/mol. The van der Waals surface area contributed by atoms with E-state index in [1.54, 1.807) is 6.92 Å². The van der Waals surface area contributed by atoms with Gasteiger partial charge >= 0.3 is 57.4 Å². The molecule has 10 nitrogen and oxygen atoms in total. The van der Waals surface area contributed by atoms with E-state index in [4.69, 9.17) is 15.3 Å². The fraction of sp³-hybridized carbons (Fsp3) is 0.700. The van der Waals surface area contributed by atoms with E-state index in [0.717, 1.165) is 0 Å². The van der Waals surface area contributed by atoms with E-state index in [1.807, 2.05) is 5.32 Å². The number of hydroxylamine groups is 1. The molecular formula is C10H18KN3O7. The molecule has 2 amide bonds. The van der Waals surface area contributed by atoms with E-state index in [0.29, 0.717) is 6.54 Å². The fourth-order valence-corrected chi connectivity index (χ4v) is 1.04. The van der Waals surface area contributed by atoms with Gasteiger partial charge in [0, 0.05) is 0 Å². The second kappa shape index (κ2) is 13.5. The maximum absolute atomic E-state index is 11.5. The molecule has 0 spiro atoms. The first-order valence-corrected chi connectivity index (χ1v) is 5.80. The maximum Gasteiger partial charge on any atom is 1.00 e. The number of rotatable bonds is 10. The zero-order chi connectivity index (χ0) is 15.5. The number of nitrogens with one attached hydrogen (secondary N) is 2. The molecule has 0 saturated carbocycles. The molecule has 0 aliphatic rings. The summed E-state index contributed by atoms with van der Waals surface area (Å²) in [5, 5.41) is 30.3. The monoisotopic (exact) mass is 331 g/mol. The van der Waals surface area contributed by atoms with Gasteiger partial charge in [0.1, 0.15) is 12.1 Å². The van der Waals surface area contributed by atoms with Crippen LogP contribution in [0.3, 0.4) is 0 Å². The second-order valence-corrected chi connectivity index (χ2v) is 3.58. The maximum atomic E-state index is 11.5. The number of hydrogen-bond acceptors (Lipinski definition) is 6. The van der Waals surface area contributed by atoms with Crippen molar-refractivity contribution in [2.75, 3.05) is 26.3 Å². The zero-order valence-electron chi connectivity index (χ0n) is 11.9. The summed E-state index contributed by atoms with van der Waals surface area (Å²) in [6.45, 7) is 0.0501. The molecule has 11 heteroatoms. The molecule has 0 aliphatic heterocycles. The van der Waals surface area contributed by atoms with E-state index in [9.17, 15) is 14.4 Å². The molecule has 0 aromatic rings. The molecular weight excluding hydrogens is 313 g/mol. The number of carbonyl (C=O) groups is 3. The van der Waals surface area contributed by atoms with Crippen LogP contribution >= 0.6 is 0 Å². The number of aliphatic hydroxyl groups excluding tert-OH is 2. The number of nitrogens with zero attached hydrogens (tertiary/aromatic N) is 1. The summed E-state index contributed by atoms with van der Waals surface area (Å²) in [5.74, 6) is -2.97. The van der Waals surface area contributed by atoms with Gasteiger partial charge in [-0.2, -0.15) is 0 Å². The molecule has 116 valence electrons. The van der Waals surface area contributed by atoms with Crippen LogP contribution in [-0.4, -0.2) is 71.6 Å². The number of carboxylic acid groups (broad SMARTS) is 1. The van der Waals surface area contributed by atoms with Crippen molar-refractivity contribution >= 4 is 17.8 Å². The van der Waals surface area contributed by atoms with Crippen LogP contribution in [0.15, 0.2) is 0 Å². The Kier molecular flexibility index (Phi) is 14.9. The van der Waals surface area contributed by atoms with Gasteiger partial charge in [0.25, 0.3) is 0 Å². The second-order valence-electron chi connectivity index (χ2n) is 3.58. The third-order valence-electron chi connectivity index (χ3n) is 2.03. The topological polar surface area (TPSA) is 159 Å². The first-order valence-electron chi connectivity index (χ1n) is 5.80. The molecule has 2 atom stereocenters. The summed E-state index contributed by atoms with van der Waals surface area (Å²) >= 11 is 0. The Hall–Kier alpha value is -0.114. The summed E-state index contributed by atoms with van der Waals surface area (Å²) in [6.07, 6.45) is -1.24. The van der Waals surface area contributed by atoms with Crippen molar-refractivity contribution in [2.45, 2.75) is 19.1 Å². The number of amides is 2. The van der Waals surface area contributed by atoms with Crippen molar-refractivity contribution in [3.63, 3.8) is 0 Å². The SMILES string of the molecule is CC[N-]OC(CO)C(=O)NCC(=O)NC(CO)C(=O)O.[K+]. The molecule has 0 heterocycles. The van der Waals surface area contributed by atoms with Crippen LogP contribution in [0.1, 0.15) is 6.92 Å². The molecule has 0 saturated heterocycles. The van der Waals surface area contributed by atoms with Crippen LogP contribution in [-0.2, 0) is 19.2 Å². The summed E-state index contributed by atoms with van der Waals surface area (Å²) in [4.78, 5) is 38.0. The van der Waals surface area contributed by atoms with Crippen LogP contribution < -0.4 is 62.0 Å². The fourth-order valence-electron chi connectivity index (χ4n) is 1.04. The molecule has 0 radical (unpaired) electrons. The summed E-state index contributed by atoms with van der Waals surface area (Å²) in [5.41, 5.74) is 3.44. The van der Waals surface area contributed by atoms with Crippen LogP contribution in [0.4, 0.5) is 0 Å². The van der Waals surface area contributed by atoms with Crippen molar-refractivity contribution < 1.29 is 85.9 Å². The van der Waals surface area contributed by atoms with E-state index in [2.05, 4.69) is 15.6 Å². The summed E-state index contributed by atoms with van der Waals surface area (Å²) in [7, 11) is 0. The van der Waals surface area contributed by atoms with Gasteiger partial charge in [-0.3, -0.25) is 9.59 Å². The average Bonchev–Trinajstić information content (AvgIpc) is 2.42. The van der Waals surface area contributed by atoms with Gasteiger partial charge < -0.3 is 36.3 Å². The molecule has 0 bridgehead atoms. The summed E-state index contributed by atoms with van der Waals surface area (Å²) < 4.78 is 0. The van der Waals surface area contributed by atoms with Gasteiger partial charge in [0.05, 0.1) is 19.8 Å². The Morgan fingerprint density at radius 2 is 1.86 bits per heavy atom. The van der Waals surface area contributed by atoms with Crippen LogP contribution in [0, 0.1) is 0 Å². The smallest absolute Gasteiger partial charge is 0.534 e. The number of hydrogen-bond donors (Lipinski definition) is 5. The van der Waals surface area contributed by atoms with E-state index in [-0.39, 0.29) is 51.4 Å². The summed E-state index contributed by atoms with van der Waals surface area (Å²) in [6, 6.07) is -1.45. The number of carbonyl (C=O) groups excluding carboxylic acids is 2. The van der Waals surface area contributed by atoms with Gasteiger partial charge in [0.2, 0.25) is 11.8 Å². The molecule has 0 fully saturated rings. The minimum absolute atomic E-state index is 0. The standard InChI is InChI=1S/C10H18N3O7.K/c1-2-12-20-7(5-15)9(17)11-3-8(16)13-6(4-14)10(18)19;/h6-7,14-15H,2-5H2,1H3,(H,11,17)(H,13,16)(H,18,19);/q-1;+1. The van der Waals surface area contributed by atoms with Gasteiger partial charge in [-0.05, 0) is 0 Å².